The molecule has 2 heterocycles. The van der Waals surface area contributed by atoms with E-state index in [-0.39, 0.29) is 0 Å². The fourth-order valence-electron chi connectivity index (χ4n) is 3.53. The Bertz CT molecular complexity index is 614. The third-order valence-corrected chi connectivity index (χ3v) is 4.76. The summed E-state index contributed by atoms with van der Waals surface area (Å²) in [6.45, 7) is 1.87. The van der Waals surface area contributed by atoms with Gasteiger partial charge in [0.15, 0.2) is 0 Å². The van der Waals surface area contributed by atoms with Gasteiger partial charge in [0.1, 0.15) is 0 Å². The van der Waals surface area contributed by atoms with Crippen molar-refractivity contribution in [2.75, 3.05) is 6.61 Å². The highest BCUT2D eigenvalue weighted by Crippen LogP contribution is 2.38. The molecule has 1 saturated heterocycles. The van der Waals surface area contributed by atoms with Crippen LogP contribution in [0.15, 0.2) is 30.5 Å². The Kier molecular flexibility index (Phi) is 3.04. The second-order valence-corrected chi connectivity index (χ2v) is 6.23. The summed E-state index contributed by atoms with van der Waals surface area (Å²) in [7, 11) is 2.12. The standard InChI is InChI=1S/C17H22N2O/c1-19-11-13(14-4-2-3-5-16(14)19)10-18-15-8-9-20-17(15)12-6-7-12/h2-5,11-12,15,17-18H,6-10H2,1H3. The second kappa shape index (κ2) is 4.90. The topological polar surface area (TPSA) is 26.2 Å². The number of fused-ring (bicyclic) bond motifs is 1. The van der Waals surface area contributed by atoms with Gasteiger partial charge in [-0.3, -0.25) is 0 Å². The van der Waals surface area contributed by atoms with Crippen LogP contribution in [-0.4, -0.2) is 23.3 Å². The van der Waals surface area contributed by atoms with E-state index in [2.05, 4.69) is 47.4 Å². The van der Waals surface area contributed by atoms with Crippen LogP contribution in [0.2, 0.25) is 0 Å². The average Bonchev–Trinajstić information content (AvgIpc) is 3.13. The molecule has 1 saturated carbocycles. The van der Waals surface area contributed by atoms with Crippen molar-refractivity contribution >= 4 is 10.9 Å². The summed E-state index contributed by atoms with van der Waals surface area (Å²) in [6.07, 6.45) is 6.59. The monoisotopic (exact) mass is 270 g/mol. The van der Waals surface area contributed by atoms with Crippen LogP contribution in [-0.2, 0) is 18.3 Å². The number of nitrogens with one attached hydrogen (secondary N) is 1. The molecule has 1 N–H and O–H groups in total. The fraction of sp³-hybridized carbons (Fsp3) is 0.529. The Labute approximate surface area is 119 Å². The normalized spacial score (nSPS) is 26.4. The number of aromatic nitrogens is 1. The van der Waals surface area contributed by atoms with E-state index in [1.807, 2.05) is 0 Å². The maximum atomic E-state index is 5.90. The molecule has 3 heteroatoms. The Morgan fingerprint density at radius 3 is 2.95 bits per heavy atom. The van der Waals surface area contributed by atoms with Gasteiger partial charge in [-0.15, -0.1) is 0 Å². The molecule has 0 bridgehead atoms. The molecule has 2 aliphatic rings. The summed E-state index contributed by atoms with van der Waals surface area (Å²) in [4.78, 5) is 0. The molecule has 1 aliphatic heterocycles. The second-order valence-electron chi connectivity index (χ2n) is 6.23. The zero-order valence-corrected chi connectivity index (χ0v) is 12.0. The molecular formula is C17H22N2O. The average molecular weight is 270 g/mol. The van der Waals surface area contributed by atoms with Gasteiger partial charge in [0.25, 0.3) is 0 Å². The van der Waals surface area contributed by atoms with E-state index in [0.717, 1.165) is 25.5 Å². The van der Waals surface area contributed by atoms with Crippen LogP contribution in [0.4, 0.5) is 0 Å². The molecule has 106 valence electrons. The summed E-state index contributed by atoms with van der Waals surface area (Å²) in [5.74, 6) is 0.822. The lowest BCUT2D eigenvalue weighted by atomic mass is 10.1. The molecule has 20 heavy (non-hydrogen) atoms. The molecule has 2 atom stereocenters. The molecule has 4 rings (SSSR count). The Morgan fingerprint density at radius 2 is 2.10 bits per heavy atom. The molecule has 3 nitrogen and oxygen atoms in total. The van der Waals surface area contributed by atoms with Crippen LogP contribution in [0, 0.1) is 5.92 Å². The molecule has 2 unspecified atom stereocenters. The van der Waals surface area contributed by atoms with Crippen molar-refractivity contribution < 1.29 is 4.74 Å². The van der Waals surface area contributed by atoms with E-state index in [1.54, 1.807) is 0 Å². The number of rotatable bonds is 4. The van der Waals surface area contributed by atoms with Crippen LogP contribution in [0.25, 0.3) is 10.9 Å². The largest absolute Gasteiger partial charge is 0.376 e. The Balaban J connectivity index is 1.50. The number of hydrogen-bond donors (Lipinski definition) is 1. The summed E-state index contributed by atoms with van der Waals surface area (Å²) >= 11 is 0. The number of hydrogen-bond acceptors (Lipinski definition) is 2. The van der Waals surface area contributed by atoms with Crippen LogP contribution < -0.4 is 5.32 Å². The van der Waals surface area contributed by atoms with E-state index >= 15 is 0 Å². The molecule has 2 fully saturated rings. The van der Waals surface area contributed by atoms with Gasteiger partial charge in [-0.05, 0) is 36.8 Å². The van der Waals surface area contributed by atoms with Crippen molar-refractivity contribution in [3.8, 4) is 0 Å². The van der Waals surface area contributed by atoms with E-state index < -0.39 is 0 Å². The van der Waals surface area contributed by atoms with Crippen molar-refractivity contribution in [3.63, 3.8) is 0 Å². The van der Waals surface area contributed by atoms with Gasteiger partial charge < -0.3 is 14.6 Å². The lowest BCUT2D eigenvalue weighted by molar-refractivity contribution is 0.0809. The van der Waals surface area contributed by atoms with E-state index in [1.165, 1.54) is 29.3 Å². The smallest absolute Gasteiger partial charge is 0.0757 e. The first-order chi connectivity index (χ1) is 9.83. The molecule has 1 aromatic carbocycles. The summed E-state index contributed by atoms with van der Waals surface area (Å²) in [6, 6.07) is 9.17. The Morgan fingerprint density at radius 1 is 1.25 bits per heavy atom. The number of aryl methyl sites for hydroxylation is 1. The quantitative estimate of drug-likeness (QED) is 0.924. The predicted octanol–water partition coefficient (Wildman–Crippen LogP) is 2.84. The SMILES string of the molecule is Cn1cc(CNC2CCOC2C2CC2)c2ccccc21. The lowest BCUT2D eigenvalue weighted by Gasteiger charge is -2.19. The van der Waals surface area contributed by atoms with E-state index in [4.69, 9.17) is 4.74 Å². The first-order valence-electron chi connectivity index (χ1n) is 7.71. The number of benzene rings is 1. The maximum Gasteiger partial charge on any atom is 0.0757 e. The third-order valence-electron chi connectivity index (χ3n) is 4.76. The minimum absolute atomic E-state index is 0.463. The Hall–Kier alpha value is -1.32. The van der Waals surface area contributed by atoms with E-state index in [0.29, 0.717) is 12.1 Å². The summed E-state index contributed by atoms with van der Waals surface area (Å²) < 4.78 is 8.12. The highest BCUT2D eigenvalue weighted by Gasteiger charge is 2.40. The first-order valence-corrected chi connectivity index (χ1v) is 7.71. The van der Waals surface area contributed by atoms with Gasteiger partial charge in [-0.2, -0.15) is 0 Å². The molecule has 0 radical (unpaired) electrons. The molecule has 1 aliphatic carbocycles. The molecule has 1 aromatic heterocycles. The van der Waals surface area contributed by atoms with Gasteiger partial charge in [0.05, 0.1) is 6.10 Å². The van der Waals surface area contributed by atoms with Crippen LogP contribution in [0.1, 0.15) is 24.8 Å². The van der Waals surface area contributed by atoms with Gasteiger partial charge in [-0.25, -0.2) is 0 Å². The van der Waals surface area contributed by atoms with Gasteiger partial charge >= 0.3 is 0 Å². The third kappa shape index (κ3) is 2.15. The van der Waals surface area contributed by atoms with Crippen LogP contribution in [0.3, 0.4) is 0 Å². The summed E-state index contributed by atoms with van der Waals surface area (Å²) in [5.41, 5.74) is 2.70. The zero-order chi connectivity index (χ0) is 13.5. The molecular weight excluding hydrogens is 248 g/mol. The van der Waals surface area contributed by atoms with E-state index in [9.17, 15) is 0 Å². The van der Waals surface area contributed by atoms with Gasteiger partial charge in [0, 0.05) is 43.3 Å². The van der Waals surface area contributed by atoms with Crippen LogP contribution in [0.5, 0.6) is 0 Å². The minimum Gasteiger partial charge on any atom is -0.376 e. The highest BCUT2D eigenvalue weighted by atomic mass is 16.5. The van der Waals surface area contributed by atoms with Crippen molar-refractivity contribution in [2.24, 2.45) is 13.0 Å². The van der Waals surface area contributed by atoms with Crippen molar-refractivity contribution in [1.82, 2.24) is 9.88 Å². The predicted molar refractivity (Wildman–Crippen MR) is 80.6 cm³/mol. The number of nitrogens with zero attached hydrogens (tertiary/aromatic N) is 1. The minimum atomic E-state index is 0.463. The number of para-hydroxylation sites is 1. The van der Waals surface area contributed by atoms with Crippen molar-refractivity contribution in [2.45, 2.75) is 38.0 Å². The first kappa shape index (κ1) is 12.4. The fourth-order valence-corrected chi connectivity index (χ4v) is 3.53. The molecule has 0 amide bonds. The van der Waals surface area contributed by atoms with Gasteiger partial charge in [0.2, 0.25) is 0 Å². The zero-order valence-electron chi connectivity index (χ0n) is 12.0. The van der Waals surface area contributed by atoms with Crippen molar-refractivity contribution in [1.29, 1.82) is 0 Å². The maximum absolute atomic E-state index is 5.90. The molecule has 0 spiro atoms. The highest BCUT2D eigenvalue weighted by molar-refractivity contribution is 5.83. The molecule has 2 aromatic rings. The summed E-state index contributed by atoms with van der Waals surface area (Å²) in [5, 5.41) is 5.10. The lowest BCUT2D eigenvalue weighted by Crippen LogP contribution is -2.37. The van der Waals surface area contributed by atoms with Crippen LogP contribution >= 0.6 is 0 Å². The van der Waals surface area contributed by atoms with Crippen molar-refractivity contribution in [3.05, 3.63) is 36.0 Å². The number of ether oxygens (including phenoxy) is 1. The van der Waals surface area contributed by atoms with Gasteiger partial charge in [-0.1, -0.05) is 18.2 Å².